The summed E-state index contributed by atoms with van der Waals surface area (Å²) < 4.78 is 7.84. The third-order valence-corrected chi connectivity index (χ3v) is 6.09. The van der Waals surface area contributed by atoms with Crippen LogP contribution < -0.4 is 0 Å². The van der Waals surface area contributed by atoms with E-state index in [1.165, 1.54) is 10.4 Å². The smallest absolute Gasteiger partial charge is 0.225 e. The van der Waals surface area contributed by atoms with Gasteiger partial charge in [0.2, 0.25) is 5.91 Å². The molecule has 2 aliphatic heterocycles. The molecule has 0 unspecified atom stereocenters. The fraction of sp³-hybridized carbons (Fsp3) is 0.588. The number of piperidine rings is 1. The lowest BCUT2D eigenvalue weighted by atomic mass is 9.95. The highest BCUT2D eigenvalue weighted by molar-refractivity contribution is 7.10. The molecule has 0 saturated carbocycles. The molecule has 2 aliphatic rings. The molecule has 0 radical (unpaired) electrons. The van der Waals surface area contributed by atoms with Crippen molar-refractivity contribution in [3.05, 3.63) is 34.0 Å². The van der Waals surface area contributed by atoms with Crippen LogP contribution in [0.4, 0.5) is 0 Å². The average Bonchev–Trinajstić information content (AvgIpc) is 3.24. The maximum atomic E-state index is 12.7. The molecule has 4 heterocycles. The molecule has 1 saturated heterocycles. The highest BCUT2D eigenvalue weighted by Gasteiger charge is 2.30. The monoisotopic (exact) mass is 346 g/mol. The molecule has 2 aromatic heterocycles. The Morgan fingerprint density at radius 1 is 1.42 bits per heavy atom. The number of aryl methyl sites for hydroxylation is 1. The van der Waals surface area contributed by atoms with Gasteiger partial charge in [0.05, 0.1) is 19.1 Å². The second kappa shape index (κ2) is 6.64. The van der Waals surface area contributed by atoms with Gasteiger partial charge in [0, 0.05) is 37.4 Å². The van der Waals surface area contributed by atoms with Crippen LogP contribution in [0.1, 0.15) is 47.5 Å². The van der Waals surface area contributed by atoms with E-state index in [9.17, 15) is 4.79 Å². The number of rotatable bonds is 3. The molecule has 7 heteroatoms. The number of likely N-dealkylation sites (tertiary alicyclic amines) is 1. The fourth-order valence-corrected chi connectivity index (χ4v) is 4.65. The molecule has 0 aliphatic carbocycles. The SMILES string of the molecule is Cn1cnnc1C1CCN(C(=O)C[C@H]2OCCc3sccc32)CC1. The fourth-order valence-electron chi connectivity index (χ4n) is 3.73. The van der Waals surface area contributed by atoms with E-state index in [0.29, 0.717) is 12.3 Å². The van der Waals surface area contributed by atoms with Crippen LogP contribution in [0.15, 0.2) is 17.8 Å². The van der Waals surface area contributed by atoms with Gasteiger partial charge in [0.15, 0.2) is 0 Å². The first-order chi connectivity index (χ1) is 11.7. The molecular formula is C17H22N4O2S. The summed E-state index contributed by atoms with van der Waals surface area (Å²) in [5, 5.41) is 10.3. The lowest BCUT2D eigenvalue weighted by molar-refractivity contribution is -0.135. The van der Waals surface area contributed by atoms with E-state index in [1.807, 2.05) is 16.5 Å². The molecule has 0 bridgehead atoms. The molecule has 0 aromatic carbocycles. The minimum Gasteiger partial charge on any atom is -0.373 e. The predicted octanol–water partition coefficient (Wildman–Crippen LogP) is 2.29. The standard InChI is InChI=1S/C17H22N4O2S/c1-20-11-18-19-17(20)12-2-6-21(7-3-12)16(22)10-14-13-5-9-24-15(13)4-8-23-14/h5,9,11-12,14H,2-4,6-8,10H2,1H3/t14-/m1/s1. The Balaban J connectivity index is 1.35. The number of ether oxygens (including phenoxy) is 1. The predicted molar refractivity (Wildman–Crippen MR) is 90.9 cm³/mol. The van der Waals surface area contributed by atoms with E-state index in [1.54, 1.807) is 17.7 Å². The van der Waals surface area contributed by atoms with E-state index >= 15 is 0 Å². The van der Waals surface area contributed by atoms with Crippen LogP contribution in [0.5, 0.6) is 0 Å². The summed E-state index contributed by atoms with van der Waals surface area (Å²) in [6.45, 7) is 2.30. The van der Waals surface area contributed by atoms with Crippen molar-refractivity contribution in [2.45, 2.75) is 37.7 Å². The maximum absolute atomic E-state index is 12.7. The number of fused-ring (bicyclic) bond motifs is 1. The second-order valence-electron chi connectivity index (χ2n) is 6.57. The van der Waals surface area contributed by atoms with Gasteiger partial charge in [-0.2, -0.15) is 0 Å². The summed E-state index contributed by atoms with van der Waals surface area (Å²) in [6, 6.07) is 2.11. The van der Waals surface area contributed by atoms with Crippen LogP contribution in [-0.4, -0.2) is 45.3 Å². The quantitative estimate of drug-likeness (QED) is 0.855. The Morgan fingerprint density at radius 2 is 2.25 bits per heavy atom. The van der Waals surface area contributed by atoms with E-state index in [2.05, 4.69) is 21.6 Å². The number of nitrogens with zero attached hydrogens (tertiary/aromatic N) is 4. The summed E-state index contributed by atoms with van der Waals surface area (Å²) >= 11 is 1.77. The van der Waals surface area contributed by atoms with Gasteiger partial charge in [-0.3, -0.25) is 4.79 Å². The first kappa shape index (κ1) is 15.8. The van der Waals surface area contributed by atoms with Crippen molar-refractivity contribution in [1.29, 1.82) is 0 Å². The molecule has 1 atom stereocenters. The molecule has 1 amide bonds. The van der Waals surface area contributed by atoms with Crippen LogP contribution >= 0.6 is 11.3 Å². The van der Waals surface area contributed by atoms with E-state index in [-0.39, 0.29) is 12.0 Å². The molecule has 0 spiro atoms. The molecule has 0 N–H and O–H groups in total. The number of amides is 1. The second-order valence-corrected chi connectivity index (χ2v) is 7.57. The molecule has 24 heavy (non-hydrogen) atoms. The molecule has 128 valence electrons. The summed E-state index contributed by atoms with van der Waals surface area (Å²) in [5.41, 5.74) is 1.22. The van der Waals surface area contributed by atoms with Gasteiger partial charge in [0.1, 0.15) is 12.2 Å². The molecule has 6 nitrogen and oxygen atoms in total. The van der Waals surface area contributed by atoms with Crippen molar-refractivity contribution in [3.8, 4) is 0 Å². The van der Waals surface area contributed by atoms with Crippen molar-refractivity contribution in [2.24, 2.45) is 7.05 Å². The van der Waals surface area contributed by atoms with Gasteiger partial charge in [-0.1, -0.05) is 0 Å². The third-order valence-electron chi connectivity index (χ3n) is 5.09. The number of hydrogen-bond acceptors (Lipinski definition) is 5. The zero-order valence-corrected chi connectivity index (χ0v) is 14.7. The summed E-state index contributed by atoms with van der Waals surface area (Å²) in [4.78, 5) is 16.0. The zero-order valence-electron chi connectivity index (χ0n) is 13.9. The van der Waals surface area contributed by atoms with Gasteiger partial charge < -0.3 is 14.2 Å². The van der Waals surface area contributed by atoms with Crippen molar-refractivity contribution < 1.29 is 9.53 Å². The first-order valence-corrected chi connectivity index (χ1v) is 9.40. The normalized spacial score (nSPS) is 21.7. The Kier molecular flexibility index (Phi) is 4.37. The molecular weight excluding hydrogens is 324 g/mol. The van der Waals surface area contributed by atoms with E-state index in [0.717, 1.165) is 44.8 Å². The minimum atomic E-state index is -0.0658. The molecule has 4 rings (SSSR count). The number of carbonyl (C=O) groups is 1. The number of aromatic nitrogens is 3. The average molecular weight is 346 g/mol. The van der Waals surface area contributed by atoms with E-state index < -0.39 is 0 Å². The Morgan fingerprint density at radius 3 is 3.00 bits per heavy atom. The molecule has 2 aromatic rings. The van der Waals surface area contributed by atoms with Crippen molar-refractivity contribution in [2.75, 3.05) is 19.7 Å². The van der Waals surface area contributed by atoms with Gasteiger partial charge in [-0.15, -0.1) is 21.5 Å². The zero-order chi connectivity index (χ0) is 16.5. The number of carbonyl (C=O) groups excluding carboxylic acids is 1. The van der Waals surface area contributed by atoms with Gasteiger partial charge in [0.25, 0.3) is 0 Å². The van der Waals surface area contributed by atoms with Gasteiger partial charge in [-0.25, -0.2) is 0 Å². The third kappa shape index (κ3) is 2.98. The Bertz CT molecular complexity index is 718. The number of thiophene rings is 1. The van der Waals surface area contributed by atoms with E-state index in [4.69, 9.17) is 4.74 Å². The van der Waals surface area contributed by atoms with Crippen molar-refractivity contribution in [1.82, 2.24) is 19.7 Å². The van der Waals surface area contributed by atoms with Gasteiger partial charge in [-0.05, 0) is 29.9 Å². The summed E-state index contributed by atoms with van der Waals surface area (Å²) in [7, 11) is 1.98. The van der Waals surface area contributed by atoms with Crippen LogP contribution in [0, 0.1) is 0 Å². The highest BCUT2D eigenvalue weighted by atomic mass is 32.1. The Labute approximate surface area is 145 Å². The first-order valence-electron chi connectivity index (χ1n) is 8.52. The van der Waals surface area contributed by atoms with Crippen LogP contribution in [-0.2, 0) is 23.0 Å². The lowest BCUT2D eigenvalue weighted by Crippen LogP contribution is -2.39. The van der Waals surface area contributed by atoms with Crippen LogP contribution in [0.3, 0.4) is 0 Å². The van der Waals surface area contributed by atoms with Gasteiger partial charge >= 0.3 is 0 Å². The topological polar surface area (TPSA) is 60.2 Å². The Hall–Kier alpha value is -1.73. The van der Waals surface area contributed by atoms with Crippen LogP contribution in [0.25, 0.3) is 0 Å². The maximum Gasteiger partial charge on any atom is 0.225 e. The number of hydrogen-bond donors (Lipinski definition) is 0. The summed E-state index contributed by atoms with van der Waals surface area (Å²) in [6.07, 6.45) is 5.01. The lowest BCUT2D eigenvalue weighted by Gasteiger charge is -2.33. The van der Waals surface area contributed by atoms with Crippen molar-refractivity contribution >= 4 is 17.2 Å². The van der Waals surface area contributed by atoms with Crippen molar-refractivity contribution in [3.63, 3.8) is 0 Å². The minimum absolute atomic E-state index is 0.0658. The molecule has 1 fully saturated rings. The summed E-state index contributed by atoms with van der Waals surface area (Å²) in [5.74, 6) is 1.63. The highest BCUT2D eigenvalue weighted by Crippen LogP contribution is 2.34. The van der Waals surface area contributed by atoms with Crippen LogP contribution in [0.2, 0.25) is 0 Å². The largest absolute Gasteiger partial charge is 0.373 e.